The number of hydrogen-bond acceptors (Lipinski definition) is 4. The molecule has 0 saturated heterocycles. The average molecular weight is 556 g/mol. The number of amides is 2. The molecule has 0 fully saturated rings. The molecule has 38 heavy (non-hydrogen) atoms. The van der Waals surface area contributed by atoms with E-state index in [0.717, 1.165) is 21.0 Å². The number of anilines is 1. The Labute approximate surface area is 230 Å². The molecule has 3 aromatic rings. The van der Waals surface area contributed by atoms with Crippen molar-refractivity contribution in [3.8, 4) is 0 Å². The molecule has 1 atom stereocenters. The Morgan fingerprint density at radius 1 is 0.895 bits per heavy atom. The monoisotopic (exact) mass is 555 g/mol. The van der Waals surface area contributed by atoms with Gasteiger partial charge in [-0.2, -0.15) is 0 Å². The third-order valence-electron chi connectivity index (χ3n) is 6.04. The molecular weight excluding hydrogens is 522 g/mol. The van der Waals surface area contributed by atoms with E-state index in [1.54, 1.807) is 43.3 Å². The summed E-state index contributed by atoms with van der Waals surface area (Å²) in [5.41, 5.74) is 3.05. The number of nitrogens with one attached hydrogen (secondary N) is 1. The summed E-state index contributed by atoms with van der Waals surface area (Å²) in [5.74, 6) is -0.830. The van der Waals surface area contributed by atoms with E-state index in [1.807, 2.05) is 52.0 Å². The van der Waals surface area contributed by atoms with Crippen LogP contribution in [0.3, 0.4) is 0 Å². The standard InChI is InChI=1S/C29H34ClN3O4S/c1-20(2)31-29(35)23(5)32(18-24-8-6-7-22(4)17-24)28(34)19-33(26-13-11-25(30)12-14-26)38(36,37)27-15-9-21(3)10-16-27/h6-17,20,23H,18-19H2,1-5H3,(H,31,35). The number of sulfonamides is 1. The summed E-state index contributed by atoms with van der Waals surface area (Å²) < 4.78 is 28.6. The normalized spacial score (nSPS) is 12.2. The summed E-state index contributed by atoms with van der Waals surface area (Å²) in [4.78, 5) is 28.3. The molecule has 9 heteroatoms. The van der Waals surface area contributed by atoms with E-state index in [2.05, 4.69) is 5.32 Å². The lowest BCUT2D eigenvalue weighted by Gasteiger charge is -2.32. The maximum atomic E-state index is 13.9. The molecule has 7 nitrogen and oxygen atoms in total. The third-order valence-corrected chi connectivity index (χ3v) is 8.08. The maximum Gasteiger partial charge on any atom is 0.264 e. The van der Waals surface area contributed by atoms with E-state index in [-0.39, 0.29) is 29.1 Å². The van der Waals surface area contributed by atoms with Gasteiger partial charge in [0.25, 0.3) is 10.0 Å². The summed E-state index contributed by atoms with van der Waals surface area (Å²) in [5, 5.41) is 3.29. The third kappa shape index (κ3) is 7.36. The molecule has 0 radical (unpaired) electrons. The molecule has 0 heterocycles. The molecule has 0 aliphatic heterocycles. The number of hydrogen-bond donors (Lipinski definition) is 1. The highest BCUT2D eigenvalue weighted by Crippen LogP contribution is 2.26. The van der Waals surface area contributed by atoms with Crippen LogP contribution >= 0.6 is 11.6 Å². The molecule has 0 spiro atoms. The number of rotatable bonds is 10. The zero-order valence-corrected chi connectivity index (χ0v) is 23.9. The van der Waals surface area contributed by atoms with Gasteiger partial charge in [0.1, 0.15) is 12.6 Å². The van der Waals surface area contributed by atoms with Crippen molar-refractivity contribution in [3.63, 3.8) is 0 Å². The lowest BCUT2D eigenvalue weighted by Crippen LogP contribution is -2.52. The fourth-order valence-electron chi connectivity index (χ4n) is 3.97. The van der Waals surface area contributed by atoms with Crippen molar-refractivity contribution in [2.75, 3.05) is 10.8 Å². The van der Waals surface area contributed by atoms with Gasteiger partial charge in [0.15, 0.2) is 0 Å². The topological polar surface area (TPSA) is 86.8 Å². The van der Waals surface area contributed by atoms with Gasteiger partial charge in [-0.3, -0.25) is 13.9 Å². The lowest BCUT2D eigenvalue weighted by molar-refractivity contribution is -0.139. The number of halogens is 1. The van der Waals surface area contributed by atoms with Crippen LogP contribution in [0.15, 0.2) is 77.7 Å². The Kier molecular flexibility index (Phi) is 9.57. The fraction of sp³-hybridized carbons (Fsp3) is 0.310. The summed E-state index contributed by atoms with van der Waals surface area (Å²) in [6.45, 7) is 8.79. The Morgan fingerprint density at radius 3 is 2.11 bits per heavy atom. The van der Waals surface area contributed by atoms with Crippen LogP contribution in [0.5, 0.6) is 0 Å². The predicted molar refractivity (Wildman–Crippen MR) is 152 cm³/mol. The van der Waals surface area contributed by atoms with Crippen molar-refractivity contribution in [2.45, 2.75) is 58.1 Å². The summed E-state index contributed by atoms with van der Waals surface area (Å²) in [6.07, 6.45) is 0. The maximum absolute atomic E-state index is 13.9. The van der Waals surface area contributed by atoms with Crippen LogP contribution < -0.4 is 9.62 Å². The van der Waals surface area contributed by atoms with Gasteiger partial charge in [-0.1, -0.05) is 59.1 Å². The Balaban J connectivity index is 2.02. The SMILES string of the molecule is Cc1ccc(S(=O)(=O)N(CC(=O)N(Cc2cccc(C)c2)C(C)C(=O)NC(C)C)c2ccc(Cl)cc2)cc1. The van der Waals surface area contributed by atoms with Crippen molar-refractivity contribution < 1.29 is 18.0 Å². The molecule has 3 rings (SSSR count). The lowest BCUT2D eigenvalue weighted by atomic mass is 10.1. The quantitative estimate of drug-likeness (QED) is 0.377. The van der Waals surface area contributed by atoms with Crippen LogP contribution in [0.2, 0.25) is 5.02 Å². The second kappa shape index (κ2) is 12.5. The van der Waals surface area contributed by atoms with Gasteiger partial charge in [-0.25, -0.2) is 8.42 Å². The van der Waals surface area contributed by atoms with E-state index in [1.165, 1.54) is 17.0 Å². The smallest absolute Gasteiger partial charge is 0.264 e. The van der Waals surface area contributed by atoms with Crippen molar-refractivity contribution in [3.05, 3.63) is 94.5 Å². The van der Waals surface area contributed by atoms with E-state index in [9.17, 15) is 18.0 Å². The van der Waals surface area contributed by atoms with E-state index in [0.29, 0.717) is 5.02 Å². The minimum Gasteiger partial charge on any atom is -0.352 e. The van der Waals surface area contributed by atoms with Crippen LogP contribution in [0, 0.1) is 13.8 Å². The van der Waals surface area contributed by atoms with E-state index >= 15 is 0 Å². The van der Waals surface area contributed by atoms with Crippen LogP contribution in [-0.4, -0.2) is 43.8 Å². The summed E-state index contributed by atoms with van der Waals surface area (Å²) in [7, 11) is -4.11. The summed E-state index contributed by atoms with van der Waals surface area (Å²) >= 11 is 6.05. The van der Waals surface area contributed by atoms with Crippen LogP contribution in [0.25, 0.3) is 0 Å². The van der Waals surface area contributed by atoms with Gasteiger partial charge >= 0.3 is 0 Å². The van der Waals surface area contributed by atoms with Crippen LogP contribution in [-0.2, 0) is 26.2 Å². The number of carbonyl (C=O) groups excluding carboxylic acids is 2. The first kappa shape index (κ1) is 29.2. The highest BCUT2D eigenvalue weighted by molar-refractivity contribution is 7.92. The van der Waals surface area contributed by atoms with Gasteiger partial charge in [0, 0.05) is 17.6 Å². The van der Waals surface area contributed by atoms with E-state index in [4.69, 9.17) is 11.6 Å². The zero-order chi connectivity index (χ0) is 28.0. The first-order valence-corrected chi connectivity index (χ1v) is 14.2. The van der Waals surface area contributed by atoms with Crippen LogP contribution in [0.1, 0.15) is 37.5 Å². The summed E-state index contributed by atoms with van der Waals surface area (Å²) in [6, 6.07) is 19.4. The van der Waals surface area contributed by atoms with Crippen molar-refractivity contribution in [1.82, 2.24) is 10.2 Å². The molecule has 0 aliphatic rings. The second-order valence-electron chi connectivity index (χ2n) is 9.65. The Hall–Kier alpha value is -3.36. The molecule has 1 N–H and O–H groups in total. The van der Waals surface area contributed by atoms with Crippen molar-refractivity contribution in [1.29, 1.82) is 0 Å². The fourth-order valence-corrected chi connectivity index (χ4v) is 5.51. The molecule has 202 valence electrons. The van der Waals surface area contributed by atoms with Gasteiger partial charge in [0.05, 0.1) is 10.6 Å². The Morgan fingerprint density at radius 2 is 1.53 bits per heavy atom. The Bertz CT molecular complexity index is 1370. The van der Waals surface area contributed by atoms with Gasteiger partial charge in [0.2, 0.25) is 11.8 Å². The zero-order valence-electron chi connectivity index (χ0n) is 22.3. The number of benzene rings is 3. The highest BCUT2D eigenvalue weighted by atomic mass is 35.5. The largest absolute Gasteiger partial charge is 0.352 e. The second-order valence-corrected chi connectivity index (χ2v) is 11.9. The number of aryl methyl sites for hydroxylation is 2. The molecule has 0 aliphatic carbocycles. The minimum atomic E-state index is -4.11. The molecule has 3 aromatic carbocycles. The molecule has 0 aromatic heterocycles. The number of nitrogens with zero attached hydrogens (tertiary/aromatic N) is 2. The van der Waals surface area contributed by atoms with Gasteiger partial charge in [-0.05, 0) is 76.6 Å². The van der Waals surface area contributed by atoms with Gasteiger partial charge in [-0.15, -0.1) is 0 Å². The first-order chi connectivity index (χ1) is 17.9. The predicted octanol–water partition coefficient (Wildman–Crippen LogP) is 5.09. The molecule has 0 saturated carbocycles. The highest BCUT2D eigenvalue weighted by Gasteiger charge is 2.32. The number of carbonyl (C=O) groups is 2. The van der Waals surface area contributed by atoms with Crippen LogP contribution in [0.4, 0.5) is 5.69 Å². The van der Waals surface area contributed by atoms with Crippen molar-refractivity contribution in [2.24, 2.45) is 0 Å². The molecule has 2 amide bonds. The average Bonchev–Trinajstić information content (AvgIpc) is 2.86. The van der Waals surface area contributed by atoms with Gasteiger partial charge < -0.3 is 10.2 Å². The first-order valence-electron chi connectivity index (χ1n) is 12.4. The molecule has 1 unspecified atom stereocenters. The molecule has 0 bridgehead atoms. The van der Waals surface area contributed by atoms with E-state index < -0.39 is 28.5 Å². The molecular formula is C29H34ClN3O4S. The van der Waals surface area contributed by atoms with Crippen molar-refractivity contribution >= 4 is 39.1 Å². The minimum absolute atomic E-state index is 0.0571.